The Morgan fingerprint density at radius 3 is 2.91 bits per heavy atom. The van der Waals surface area contributed by atoms with Crippen LogP contribution >= 0.6 is 11.3 Å². The molecule has 0 unspecified atom stereocenters. The fourth-order valence-corrected chi connectivity index (χ4v) is 4.04. The molecule has 1 amide bonds. The molecule has 1 aromatic heterocycles. The van der Waals surface area contributed by atoms with E-state index in [-0.39, 0.29) is 18.1 Å². The van der Waals surface area contributed by atoms with Crippen molar-refractivity contribution in [3.05, 3.63) is 35.2 Å². The molecule has 1 aliphatic rings. The Hall–Kier alpha value is -1.43. The largest absolute Gasteiger partial charge is 0.364 e. The van der Waals surface area contributed by atoms with Gasteiger partial charge < -0.3 is 15.0 Å². The first-order valence-electron chi connectivity index (χ1n) is 8.13. The van der Waals surface area contributed by atoms with Gasteiger partial charge in [0.2, 0.25) is 0 Å². The number of thiophene rings is 1. The van der Waals surface area contributed by atoms with Gasteiger partial charge in [-0.25, -0.2) is 0 Å². The second kappa shape index (κ2) is 6.99. The SMILES string of the molecule is C[C@H](NC[C@H]1CC[C@H](C(=O)N(C)C)O1)c1cc2ccccc2s1. The van der Waals surface area contributed by atoms with E-state index in [0.29, 0.717) is 6.04 Å². The van der Waals surface area contributed by atoms with Crippen LogP contribution in [0, 0.1) is 0 Å². The lowest BCUT2D eigenvalue weighted by Gasteiger charge is -2.19. The maximum atomic E-state index is 11.9. The molecule has 2 heterocycles. The van der Waals surface area contributed by atoms with Gasteiger partial charge in [0, 0.05) is 36.3 Å². The van der Waals surface area contributed by atoms with Crippen LogP contribution in [-0.2, 0) is 9.53 Å². The van der Waals surface area contributed by atoms with Gasteiger partial charge in [0.05, 0.1) is 6.10 Å². The number of hydrogen-bond donors (Lipinski definition) is 1. The summed E-state index contributed by atoms with van der Waals surface area (Å²) in [4.78, 5) is 14.9. The second-order valence-corrected chi connectivity index (χ2v) is 7.49. The first kappa shape index (κ1) is 16.4. The molecule has 1 aromatic carbocycles. The van der Waals surface area contributed by atoms with Gasteiger partial charge >= 0.3 is 0 Å². The molecule has 3 rings (SSSR count). The molecular formula is C18H24N2O2S. The van der Waals surface area contributed by atoms with Crippen molar-refractivity contribution in [2.24, 2.45) is 0 Å². The maximum absolute atomic E-state index is 11.9. The van der Waals surface area contributed by atoms with Crippen LogP contribution in [-0.4, -0.2) is 43.7 Å². The Kier molecular flexibility index (Phi) is 4.99. The molecule has 2 aromatic rings. The summed E-state index contributed by atoms with van der Waals surface area (Å²) in [5.41, 5.74) is 0. The third-order valence-corrected chi connectivity index (χ3v) is 5.65. The van der Waals surface area contributed by atoms with Gasteiger partial charge in [-0.05, 0) is 37.3 Å². The molecule has 1 fully saturated rings. The molecule has 1 aliphatic heterocycles. The standard InChI is InChI=1S/C18H24N2O2S/c1-12(17-10-13-6-4-5-7-16(13)23-17)19-11-14-8-9-15(22-14)18(21)20(2)3/h4-7,10,12,14-15,19H,8-9,11H2,1-3H3/t12-,14+,15+/m0/s1. The van der Waals surface area contributed by atoms with E-state index in [1.165, 1.54) is 15.0 Å². The molecule has 23 heavy (non-hydrogen) atoms. The topological polar surface area (TPSA) is 41.6 Å². The van der Waals surface area contributed by atoms with Gasteiger partial charge in [0.25, 0.3) is 5.91 Å². The minimum absolute atomic E-state index is 0.0741. The van der Waals surface area contributed by atoms with Crippen LogP contribution in [0.15, 0.2) is 30.3 Å². The second-order valence-electron chi connectivity index (χ2n) is 6.37. The van der Waals surface area contributed by atoms with Crippen LogP contribution in [0.3, 0.4) is 0 Å². The molecule has 1 saturated heterocycles. The van der Waals surface area contributed by atoms with E-state index in [1.54, 1.807) is 19.0 Å². The highest BCUT2D eigenvalue weighted by Gasteiger charge is 2.31. The Labute approximate surface area is 141 Å². The van der Waals surface area contributed by atoms with E-state index < -0.39 is 0 Å². The van der Waals surface area contributed by atoms with Crippen molar-refractivity contribution in [1.82, 2.24) is 10.2 Å². The predicted molar refractivity (Wildman–Crippen MR) is 94.8 cm³/mol. The van der Waals surface area contributed by atoms with Gasteiger partial charge in [-0.2, -0.15) is 0 Å². The van der Waals surface area contributed by atoms with Crippen molar-refractivity contribution >= 4 is 27.3 Å². The maximum Gasteiger partial charge on any atom is 0.251 e. The summed E-state index contributed by atoms with van der Waals surface area (Å²) in [7, 11) is 3.56. The Bertz CT molecular complexity index is 649. The van der Waals surface area contributed by atoms with Crippen molar-refractivity contribution in [2.75, 3.05) is 20.6 Å². The summed E-state index contributed by atoms with van der Waals surface area (Å²) in [6, 6.07) is 11.0. The lowest BCUT2D eigenvalue weighted by molar-refractivity contribution is -0.140. The Balaban J connectivity index is 1.53. The highest BCUT2D eigenvalue weighted by molar-refractivity contribution is 7.19. The quantitative estimate of drug-likeness (QED) is 0.914. The first-order chi connectivity index (χ1) is 11.0. The number of hydrogen-bond acceptors (Lipinski definition) is 4. The molecule has 0 bridgehead atoms. The molecule has 3 atom stereocenters. The van der Waals surface area contributed by atoms with E-state index in [9.17, 15) is 4.79 Å². The zero-order valence-corrected chi connectivity index (χ0v) is 14.7. The molecule has 0 aliphatic carbocycles. The summed E-state index contributed by atoms with van der Waals surface area (Å²) >= 11 is 1.83. The molecule has 0 radical (unpaired) electrons. The van der Waals surface area contributed by atoms with Gasteiger partial charge in [-0.1, -0.05) is 18.2 Å². The van der Waals surface area contributed by atoms with Crippen molar-refractivity contribution < 1.29 is 9.53 Å². The van der Waals surface area contributed by atoms with Crippen LogP contribution in [0.25, 0.3) is 10.1 Å². The van der Waals surface area contributed by atoms with Gasteiger partial charge in [0.15, 0.2) is 0 Å². The van der Waals surface area contributed by atoms with Crippen molar-refractivity contribution in [2.45, 2.75) is 38.0 Å². The lowest BCUT2D eigenvalue weighted by Crippen LogP contribution is -2.35. The smallest absolute Gasteiger partial charge is 0.251 e. The number of carbonyl (C=O) groups is 1. The van der Waals surface area contributed by atoms with Crippen molar-refractivity contribution in [3.63, 3.8) is 0 Å². The van der Waals surface area contributed by atoms with Gasteiger partial charge in [-0.3, -0.25) is 4.79 Å². The highest BCUT2D eigenvalue weighted by atomic mass is 32.1. The van der Waals surface area contributed by atoms with E-state index in [2.05, 4.69) is 42.6 Å². The monoisotopic (exact) mass is 332 g/mol. The van der Waals surface area contributed by atoms with Gasteiger partial charge in [-0.15, -0.1) is 11.3 Å². The number of nitrogens with one attached hydrogen (secondary N) is 1. The fourth-order valence-electron chi connectivity index (χ4n) is 2.95. The van der Waals surface area contributed by atoms with Crippen molar-refractivity contribution in [1.29, 1.82) is 0 Å². The third kappa shape index (κ3) is 3.74. The molecule has 5 heteroatoms. The molecule has 124 valence electrons. The van der Waals surface area contributed by atoms with E-state index in [4.69, 9.17) is 4.74 Å². The predicted octanol–water partition coefficient (Wildman–Crippen LogP) is 3.19. The average Bonchev–Trinajstić information content (AvgIpc) is 3.18. The summed E-state index contributed by atoms with van der Waals surface area (Å²) < 4.78 is 7.20. The number of rotatable bonds is 5. The average molecular weight is 332 g/mol. The van der Waals surface area contributed by atoms with Crippen LogP contribution < -0.4 is 5.32 Å². The van der Waals surface area contributed by atoms with Crippen LogP contribution in [0.5, 0.6) is 0 Å². The van der Waals surface area contributed by atoms with E-state index in [1.807, 2.05) is 11.3 Å². The van der Waals surface area contributed by atoms with Gasteiger partial charge in [0.1, 0.15) is 6.10 Å². The van der Waals surface area contributed by atoms with Crippen molar-refractivity contribution in [3.8, 4) is 0 Å². The normalized spacial score (nSPS) is 22.4. The fraction of sp³-hybridized carbons (Fsp3) is 0.500. The molecule has 0 saturated carbocycles. The van der Waals surface area contributed by atoms with Crippen LogP contribution in [0.1, 0.15) is 30.7 Å². The van der Waals surface area contributed by atoms with E-state index in [0.717, 1.165) is 19.4 Å². The highest BCUT2D eigenvalue weighted by Crippen LogP contribution is 2.30. The number of likely N-dealkylation sites (N-methyl/N-ethyl adjacent to an activating group) is 1. The molecule has 4 nitrogen and oxygen atoms in total. The summed E-state index contributed by atoms with van der Waals surface area (Å²) in [6.07, 6.45) is 1.62. The van der Waals surface area contributed by atoms with Crippen LogP contribution in [0.4, 0.5) is 0 Å². The Morgan fingerprint density at radius 1 is 1.39 bits per heavy atom. The summed E-state index contributed by atoms with van der Waals surface area (Å²) in [5, 5.41) is 4.85. The number of benzene rings is 1. The number of amides is 1. The van der Waals surface area contributed by atoms with E-state index >= 15 is 0 Å². The minimum atomic E-state index is -0.267. The molecule has 1 N–H and O–H groups in total. The number of carbonyl (C=O) groups excluding carboxylic acids is 1. The minimum Gasteiger partial charge on any atom is -0.364 e. The number of ether oxygens (including phenoxy) is 1. The first-order valence-corrected chi connectivity index (χ1v) is 8.94. The third-order valence-electron chi connectivity index (χ3n) is 4.35. The summed E-state index contributed by atoms with van der Waals surface area (Å²) in [6.45, 7) is 2.97. The molecule has 0 spiro atoms. The number of fused-ring (bicyclic) bond motifs is 1. The lowest BCUT2D eigenvalue weighted by atomic mass is 10.1. The van der Waals surface area contributed by atoms with Crippen LogP contribution in [0.2, 0.25) is 0 Å². The molecular weight excluding hydrogens is 308 g/mol. The Morgan fingerprint density at radius 2 is 2.17 bits per heavy atom. The zero-order chi connectivity index (χ0) is 16.4. The number of nitrogens with zero attached hydrogens (tertiary/aromatic N) is 1. The summed E-state index contributed by atoms with van der Waals surface area (Å²) in [5.74, 6) is 0.0741. The zero-order valence-electron chi connectivity index (χ0n) is 13.9.